The van der Waals surface area contributed by atoms with Gasteiger partial charge in [0.1, 0.15) is 6.54 Å². The molecule has 0 aromatic heterocycles. The normalized spacial score (nSPS) is 20.7. The molecule has 14 heavy (non-hydrogen) atoms. The third kappa shape index (κ3) is 1.44. The molecule has 2 rings (SSSR count). The lowest BCUT2D eigenvalue weighted by Gasteiger charge is -2.14. The average molecular weight is 192 g/mol. The van der Waals surface area contributed by atoms with Crippen LogP contribution >= 0.6 is 0 Å². The van der Waals surface area contributed by atoms with Crippen molar-refractivity contribution in [2.45, 2.75) is 6.23 Å². The van der Waals surface area contributed by atoms with Crippen LogP contribution in [0.4, 0.5) is 0 Å². The molecule has 72 valence electrons. The average Bonchev–Trinajstić information content (AvgIpc) is 2.61. The van der Waals surface area contributed by atoms with E-state index in [-0.39, 0.29) is 6.54 Å². The van der Waals surface area contributed by atoms with Crippen LogP contribution in [-0.2, 0) is 9.53 Å². The smallest absolute Gasteiger partial charge is 0.329 e. The fraction of sp³-hybridized carbons (Fsp3) is 0.222. The molecule has 0 radical (unpaired) electrons. The molecule has 1 heterocycles. The first kappa shape index (κ1) is 8.68. The van der Waals surface area contributed by atoms with E-state index in [9.17, 15) is 9.70 Å². The number of hydrogen-bond donors (Lipinski definition) is 0. The van der Waals surface area contributed by atoms with E-state index in [0.29, 0.717) is 0 Å². The van der Waals surface area contributed by atoms with Crippen LogP contribution in [0.2, 0.25) is 0 Å². The summed E-state index contributed by atoms with van der Waals surface area (Å²) in [6, 6.07) is 9.02. The van der Waals surface area contributed by atoms with Crippen molar-refractivity contribution in [1.29, 1.82) is 0 Å². The van der Waals surface area contributed by atoms with E-state index in [2.05, 4.69) is 5.29 Å². The Morgan fingerprint density at radius 2 is 2.07 bits per heavy atom. The summed E-state index contributed by atoms with van der Waals surface area (Å²) in [5, 5.41) is 3.81. The first-order chi connectivity index (χ1) is 6.81. The predicted molar refractivity (Wildman–Crippen MR) is 47.8 cm³/mol. The minimum absolute atomic E-state index is 0.0803. The Balaban J connectivity index is 2.26. The summed E-state index contributed by atoms with van der Waals surface area (Å²) in [4.78, 5) is 21.3. The van der Waals surface area contributed by atoms with Crippen LogP contribution in [0.15, 0.2) is 35.6 Å². The van der Waals surface area contributed by atoms with Gasteiger partial charge in [0.05, 0.1) is 5.29 Å². The second kappa shape index (κ2) is 3.45. The molecule has 0 spiro atoms. The van der Waals surface area contributed by atoms with E-state index in [4.69, 9.17) is 4.74 Å². The van der Waals surface area contributed by atoms with Crippen molar-refractivity contribution in [2.75, 3.05) is 6.54 Å². The molecule has 1 unspecified atom stereocenters. The Hall–Kier alpha value is -1.91. The number of cyclic esters (lactones) is 1. The molecule has 0 bridgehead atoms. The number of carbonyl (C=O) groups is 1. The zero-order chi connectivity index (χ0) is 9.97. The van der Waals surface area contributed by atoms with Gasteiger partial charge >= 0.3 is 5.97 Å². The van der Waals surface area contributed by atoms with Crippen molar-refractivity contribution in [3.05, 3.63) is 40.8 Å². The Bertz CT molecular complexity index is 352. The third-order valence-corrected chi connectivity index (χ3v) is 1.99. The molecule has 1 aromatic carbocycles. The minimum Gasteiger partial charge on any atom is -0.434 e. The highest BCUT2D eigenvalue weighted by Crippen LogP contribution is 2.26. The number of benzene rings is 1. The van der Waals surface area contributed by atoms with Gasteiger partial charge in [0.2, 0.25) is 6.23 Å². The Morgan fingerprint density at radius 1 is 1.36 bits per heavy atom. The topological polar surface area (TPSA) is 59.0 Å². The second-order valence-corrected chi connectivity index (χ2v) is 2.93. The molecule has 0 saturated carbocycles. The summed E-state index contributed by atoms with van der Waals surface area (Å²) in [6.45, 7) is -0.0803. The number of nitrogens with zero attached hydrogens (tertiary/aromatic N) is 2. The van der Waals surface area contributed by atoms with Gasteiger partial charge in [-0.3, -0.25) is 0 Å². The summed E-state index contributed by atoms with van der Waals surface area (Å²) >= 11 is 0. The van der Waals surface area contributed by atoms with Gasteiger partial charge in [-0.2, -0.15) is 0 Å². The van der Waals surface area contributed by atoms with Crippen molar-refractivity contribution in [1.82, 2.24) is 5.01 Å². The van der Waals surface area contributed by atoms with Crippen molar-refractivity contribution in [3.63, 3.8) is 0 Å². The summed E-state index contributed by atoms with van der Waals surface area (Å²) in [7, 11) is 0. The number of nitroso groups, excluding NO2 is 1. The molecule has 5 nitrogen and oxygen atoms in total. The minimum atomic E-state index is -0.666. The number of hydrogen-bond acceptors (Lipinski definition) is 4. The fourth-order valence-electron chi connectivity index (χ4n) is 1.37. The Morgan fingerprint density at radius 3 is 2.71 bits per heavy atom. The van der Waals surface area contributed by atoms with Crippen LogP contribution in [-0.4, -0.2) is 17.5 Å². The summed E-state index contributed by atoms with van der Waals surface area (Å²) in [5.41, 5.74) is 0.748. The molecule has 0 amide bonds. The summed E-state index contributed by atoms with van der Waals surface area (Å²) < 4.78 is 4.94. The van der Waals surface area contributed by atoms with E-state index in [1.807, 2.05) is 18.2 Å². The van der Waals surface area contributed by atoms with Gasteiger partial charge in [0, 0.05) is 5.56 Å². The number of carbonyl (C=O) groups excluding carboxylic acids is 1. The van der Waals surface area contributed by atoms with Crippen molar-refractivity contribution in [3.8, 4) is 0 Å². The largest absolute Gasteiger partial charge is 0.434 e. The first-order valence-corrected chi connectivity index (χ1v) is 4.15. The second-order valence-electron chi connectivity index (χ2n) is 2.93. The maximum absolute atomic E-state index is 10.9. The quantitative estimate of drug-likeness (QED) is 0.522. The SMILES string of the molecule is O=NN1CC(=O)OC1c1ccccc1. The highest BCUT2D eigenvalue weighted by molar-refractivity contribution is 5.73. The van der Waals surface area contributed by atoms with Crippen LogP contribution in [0.3, 0.4) is 0 Å². The fourth-order valence-corrected chi connectivity index (χ4v) is 1.37. The van der Waals surface area contributed by atoms with Gasteiger partial charge in [0.15, 0.2) is 0 Å². The maximum atomic E-state index is 10.9. The Kier molecular flexibility index (Phi) is 2.14. The summed E-state index contributed by atoms with van der Waals surface area (Å²) in [5.74, 6) is -0.432. The van der Waals surface area contributed by atoms with Crippen molar-refractivity contribution in [2.24, 2.45) is 5.29 Å². The molecule has 0 N–H and O–H groups in total. The maximum Gasteiger partial charge on any atom is 0.329 e. The highest BCUT2D eigenvalue weighted by atomic mass is 16.6. The molecule has 0 aliphatic carbocycles. The number of ether oxygens (including phenoxy) is 1. The molecule has 1 aliphatic rings. The lowest BCUT2D eigenvalue weighted by Crippen LogP contribution is -2.16. The zero-order valence-electron chi connectivity index (χ0n) is 7.29. The van der Waals surface area contributed by atoms with E-state index >= 15 is 0 Å². The number of esters is 1. The predicted octanol–water partition coefficient (Wildman–Crippen LogP) is 1.23. The van der Waals surface area contributed by atoms with Gasteiger partial charge in [-0.05, 0) is 0 Å². The van der Waals surface area contributed by atoms with Crippen LogP contribution in [0, 0.1) is 4.91 Å². The first-order valence-electron chi connectivity index (χ1n) is 4.15. The van der Waals surface area contributed by atoms with Crippen molar-refractivity contribution >= 4 is 5.97 Å². The van der Waals surface area contributed by atoms with Crippen LogP contribution in [0.1, 0.15) is 11.8 Å². The molecule has 5 heteroatoms. The molecular formula is C9H8N2O3. The van der Waals surface area contributed by atoms with Gasteiger partial charge in [-0.25, -0.2) is 9.80 Å². The molecular weight excluding hydrogens is 184 g/mol. The van der Waals surface area contributed by atoms with E-state index < -0.39 is 12.2 Å². The molecule has 1 aromatic rings. The lowest BCUT2D eigenvalue weighted by molar-refractivity contribution is -0.141. The van der Waals surface area contributed by atoms with Crippen molar-refractivity contribution < 1.29 is 9.53 Å². The summed E-state index contributed by atoms with van der Waals surface area (Å²) in [6.07, 6.45) is -0.666. The number of rotatable bonds is 2. The van der Waals surface area contributed by atoms with E-state index in [0.717, 1.165) is 10.6 Å². The van der Waals surface area contributed by atoms with Crippen LogP contribution < -0.4 is 0 Å². The van der Waals surface area contributed by atoms with E-state index in [1.54, 1.807) is 12.1 Å². The molecule has 1 fully saturated rings. The van der Waals surface area contributed by atoms with Gasteiger partial charge in [-0.1, -0.05) is 30.3 Å². The van der Waals surface area contributed by atoms with Gasteiger partial charge < -0.3 is 4.74 Å². The van der Waals surface area contributed by atoms with E-state index in [1.165, 1.54) is 0 Å². The highest BCUT2D eigenvalue weighted by Gasteiger charge is 2.33. The zero-order valence-corrected chi connectivity index (χ0v) is 7.29. The molecule has 1 saturated heterocycles. The van der Waals surface area contributed by atoms with Gasteiger partial charge in [-0.15, -0.1) is 4.91 Å². The van der Waals surface area contributed by atoms with Crippen LogP contribution in [0.5, 0.6) is 0 Å². The Labute approximate surface area is 80.2 Å². The molecule has 1 atom stereocenters. The van der Waals surface area contributed by atoms with Gasteiger partial charge in [0.25, 0.3) is 0 Å². The lowest BCUT2D eigenvalue weighted by atomic mass is 10.2. The third-order valence-electron chi connectivity index (χ3n) is 1.99. The monoisotopic (exact) mass is 192 g/mol. The molecule has 1 aliphatic heterocycles. The standard InChI is InChI=1S/C9H8N2O3/c12-8-6-11(10-13)9(14-8)7-4-2-1-3-5-7/h1-5,9H,6H2. The van der Waals surface area contributed by atoms with Crippen LogP contribution in [0.25, 0.3) is 0 Å².